The van der Waals surface area contributed by atoms with E-state index in [0.717, 1.165) is 27.3 Å². The summed E-state index contributed by atoms with van der Waals surface area (Å²) in [6.07, 6.45) is -0.733. The molecule has 1 rings (SSSR count). The summed E-state index contributed by atoms with van der Waals surface area (Å²) >= 11 is 0. The van der Waals surface area contributed by atoms with Gasteiger partial charge in [0.15, 0.2) is 0 Å². The number of carbonyl (C=O) groups excluding carboxylic acids is 2. The Morgan fingerprint density at radius 2 is 1.73 bits per heavy atom. The van der Waals surface area contributed by atoms with Crippen LogP contribution in [0.1, 0.15) is 13.8 Å². The fraction of sp³-hybridized carbons (Fsp3) is 0.357. The number of rotatable bonds is 3. The second-order valence-electron chi connectivity index (χ2n) is 3.84. The molecule has 0 aromatic heterocycles. The lowest BCUT2D eigenvalue weighted by Crippen LogP contribution is -2.21. The Balaban J connectivity index is 2.60. The first-order valence-electron chi connectivity index (χ1n) is 6.64. The fourth-order valence-corrected chi connectivity index (χ4v) is 2.97. The van der Waals surface area contributed by atoms with Crippen LogP contribution in [0.2, 0.25) is 0 Å². The minimum absolute atomic E-state index is 0.0979. The van der Waals surface area contributed by atoms with Crippen LogP contribution in [0.15, 0.2) is 35.3 Å². The van der Waals surface area contributed by atoms with Crippen LogP contribution in [0.25, 0.3) is 0 Å². The Morgan fingerprint density at radius 3 is 2.32 bits per heavy atom. The molecule has 0 saturated carbocycles. The SMILES string of the molecule is CCOC(=O)/N=C(/OCC)SSC(=O)N(C)c1ccccc1. The van der Waals surface area contributed by atoms with E-state index in [1.165, 1.54) is 4.90 Å². The lowest BCUT2D eigenvalue weighted by molar-refractivity contribution is 0.162. The predicted molar refractivity (Wildman–Crippen MR) is 91.5 cm³/mol. The molecule has 8 heteroatoms. The number of hydrogen-bond donors (Lipinski definition) is 0. The molecule has 0 unspecified atom stereocenters. The number of para-hydroxylation sites is 1. The monoisotopic (exact) mass is 342 g/mol. The van der Waals surface area contributed by atoms with Crippen LogP contribution in [0.5, 0.6) is 0 Å². The average molecular weight is 342 g/mol. The van der Waals surface area contributed by atoms with Gasteiger partial charge in [0.05, 0.1) is 13.2 Å². The van der Waals surface area contributed by atoms with Crippen molar-refractivity contribution < 1.29 is 19.1 Å². The minimum atomic E-state index is -0.733. The smallest absolute Gasteiger partial charge is 0.437 e. The molecule has 22 heavy (non-hydrogen) atoms. The van der Waals surface area contributed by atoms with Gasteiger partial charge >= 0.3 is 6.09 Å². The van der Waals surface area contributed by atoms with Crippen molar-refractivity contribution in [2.24, 2.45) is 4.99 Å². The van der Waals surface area contributed by atoms with Gasteiger partial charge in [-0.15, -0.1) is 4.99 Å². The summed E-state index contributed by atoms with van der Waals surface area (Å²) in [6.45, 7) is 4.03. The maximum Gasteiger partial charge on any atom is 0.437 e. The summed E-state index contributed by atoms with van der Waals surface area (Å²) in [4.78, 5) is 28.6. The summed E-state index contributed by atoms with van der Waals surface area (Å²) in [5.41, 5.74) is 0.779. The predicted octanol–water partition coefficient (Wildman–Crippen LogP) is 4.17. The first kappa shape index (κ1) is 18.4. The van der Waals surface area contributed by atoms with Gasteiger partial charge in [0.1, 0.15) is 0 Å². The highest BCUT2D eigenvalue weighted by Crippen LogP contribution is 2.28. The van der Waals surface area contributed by atoms with Crippen molar-refractivity contribution in [1.29, 1.82) is 0 Å². The van der Waals surface area contributed by atoms with E-state index in [1.807, 2.05) is 30.3 Å². The molecule has 0 N–H and O–H groups in total. The zero-order valence-corrected chi connectivity index (χ0v) is 14.3. The number of hydrogen-bond acceptors (Lipinski definition) is 6. The van der Waals surface area contributed by atoms with Crippen molar-refractivity contribution in [2.45, 2.75) is 13.8 Å². The van der Waals surface area contributed by atoms with Crippen molar-refractivity contribution in [3.8, 4) is 0 Å². The molecular formula is C14H18N2O4S2. The largest absolute Gasteiger partial charge is 0.472 e. The van der Waals surface area contributed by atoms with E-state index in [0.29, 0.717) is 6.61 Å². The minimum Gasteiger partial charge on any atom is -0.472 e. The molecule has 6 nitrogen and oxygen atoms in total. The molecule has 0 fully saturated rings. The molecule has 0 bridgehead atoms. The average Bonchev–Trinajstić information content (AvgIpc) is 2.53. The van der Waals surface area contributed by atoms with Gasteiger partial charge in [0.25, 0.3) is 10.5 Å². The van der Waals surface area contributed by atoms with Crippen molar-refractivity contribution in [3.05, 3.63) is 30.3 Å². The van der Waals surface area contributed by atoms with E-state index in [-0.39, 0.29) is 17.1 Å². The topological polar surface area (TPSA) is 68.2 Å². The number of amides is 2. The highest BCUT2D eigenvalue weighted by molar-refractivity contribution is 8.87. The highest BCUT2D eigenvalue weighted by Gasteiger charge is 2.15. The molecule has 120 valence electrons. The molecule has 1 aromatic rings. The molecule has 0 aliphatic carbocycles. The Morgan fingerprint density at radius 1 is 1.09 bits per heavy atom. The van der Waals surface area contributed by atoms with E-state index in [1.54, 1.807) is 20.9 Å². The molecule has 0 heterocycles. The molecule has 0 radical (unpaired) electrons. The standard InChI is InChI=1S/C14H18N2O4S2/c1-4-19-12(17)15-13(20-5-2)21-22-14(18)16(3)11-9-7-6-8-10-11/h6-10H,4-5H2,1-3H3/b15-13-. The number of aliphatic imine (C=N–C) groups is 1. The lowest BCUT2D eigenvalue weighted by Gasteiger charge is -2.16. The Hall–Kier alpha value is -1.67. The maximum absolute atomic E-state index is 12.1. The second kappa shape index (κ2) is 10.1. The Labute approximate surface area is 137 Å². The third kappa shape index (κ3) is 6.40. The molecule has 2 amide bonds. The van der Waals surface area contributed by atoms with Crippen LogP contribution in [0.3, 0.4) is 0 Å². The maximum atomic E-state index is 12.1. The van der Waals surface area contributed by atoms with Crippen LogP contribution in [0, 0.1) is 0 Å². The van der Waals surface area contributed by atoms with Crippen molar-refractivity contribution in [2.75, 3.05) is 25.2 Å². The Kier molecular flexibility index (Phi) is 8.46. The third-order valence-electron chi connectivity index (χ3n) is 2.32. The van der Waals surface area contributed by atoms with Crippen molar-refractivity contribution in [1.82, 2.24) is 0 Å². The van der Waals surface area contributed by atoms with Gasteiger partial charge in [-0.25, -0.2) is 4.79 Å². The van der Waals surface area contributed by atoms with Crippen LogP contribution in [0.4, 0.5) is 15.3 Å². The van der Waals surface area contributed by atoms with Gasteiger partial charge in [-0.05, 0) is 26.0 Å². The normalized spacial score (nSPS) is 11.0. The van der Waals surface area contributed by atoms with Gasteiger partial charge in [0, 0.05) is 34.3 Å². The second-order valence-corrected chi connectivity index (χ2v) is 5.87. The summed E-state index contributed by atoms with van der Waals surface area (Å²) in [7, 11) is 3.59. The van der Waals surface area contributed by atoms with Gasteiger partial charge < -0.3 is 14.4 Å². The van der Waals surface area contributed by atoms with Gasteiger partial charge in [-0.1, -0.05) is 18.2 Å². The number of anilines is 1. The van der Waals surface area contributed by atoms with E-state index < -0.39 is 6.09 Å². The lowest BCUT2D eigenvalue weighted by atomic mass is 10.3. The first-order chi connectivity index (χ1) is 10.6. The number of nitrogens with zero attached hydrogens (tertiary/aromatic N) is 2. The van der Waals surface area contributed by atoms with Crippen molar-refractivity contribution in [3.63, 3.8) is 0 Å². The van der Waals surface area contributed by atoms with Gasteiger partial charge in [0.2, 0.25) is 0 Å². The van der Waals surface area contributed by atoms with Crippen LogP contribution >= 0.6 is 21.6 Å². The van der Waals surface area contributed by atoms with Gasteiger partial charge in [-0.3, -0.25) is 4.79 Å². The summed E-state index contributed by atoms with van der Waals surface area (Å²) in [5, 5.41) is -0.103. The number of benzene rings is 1. The molecule has 1 aromatic carbocycles. The number of carbonyl (C=O) groups is 2. The molecule has 0 aliphatic rings. The third-order valence-corrected chi connectivity index (χ3v) is 4.28. The zero-order chi connectivity index (χ0) is 16.4. The Bertz CT molecular complexity index is 523. The molecular weight excluding hydrogens is 324 g/mol. The summed E-state index contributed by atoms with van der Waals surface area (Å²) < 4.78 is 9.93. The van der Waals surface area contributed by atoms with Crippen LogP contribution in [-0.2, 0) is 9.47 Å². The first-order valence-corrected chi connectivity index (χ1v) is 8.79. The van der Waals surface area contributed by atoms with E-state index in [9.17, 15) is 9.59 Å². The van der Waals surface area contributed by atoms with Crippen LogP contribution < -0.4 is 4.90 Å². The van der Waals surface area contributed by atoms with E-state index in [4.69, 9.17) is 9.47 Å². The highest BCUT2D eigenvalue weighted by atomic mass is 33.1. The summed E-state index contributed by atoms with van der Waals surface area (Å²) in [6, 6.07) is 9.25. The van der Waals surface area contributed by atoms with E-state index in [2.05, 4.69) is 4.99 Å². The fourth-order valence-electron chi connectivity index (χ4n) is 1.31. The van der Waals surface area contributed by atoms with Gasteiger partial charge in [-0.2, -0.15) is 0 Å². The van der Waals surface area contributed by atoms with E-state index >= 15 is 0 Å². The molecule has 0 saturated heterocycles. The van der Waals surface area contributed by atoms with Crippen LogP contribution in [-0.4, -0.2) is 36.8 Å². The molecule has 0 aliphatic heterocycles. The summed E-state index contributed by atoms with van der Waals surface area (Å²) in [5.74, 6) is 0. The molecule has 0 spiro atoms. The quantitative estimate of drug-likeness (QED) is 0.466. The number of ether oxygens (including phenoxy) is 2. The zero-order valence-electron chi connectivity index (χ0n) is 12.6. The molecule has 0 atom stereocenters. The van der Waals surface area contributed by atoms with Crippen molar-refractivity contribution >= 4 is 43.8 Å².